The number of furan rings is 1. The Kier molecular flexibility index (Phi) is 3.64. The third kappa shape index (κ3) is 3.15. The zero-order valence-electron chi connectivity index (χ0n) is 10.8. The fraction of sp³-hybridized carbons (Fsp3) is 0.231. The fourth-order valence-electron chi connectivity index (χ4n) is 1.74. The molecule has 0 spiro atoms. The predicted molar refractivity (Wildman–Crippen MR) is 73.1 cm³/mol. The van der Waals surface area contributed by atoms with Gasteiger partial charge in [0, 0.05) is 0 Å². The third-order valence-corrected chi connectivity index (χ3v) is 4.16. The van der Waals surface area contributed by atoms with Crippen LogP contribution in [0.15, 0.2) is 39.6 Å². The summed E-state index contributed by atoms with van der Waals surface area (Å²) >= 11 is 0. The molecule has 3 N–H and O–H groups in total. The standard InChI is InChI=1S/C13H16N2O3S/c1-9-3-6-13(12(14)7-9)19(16,17)15-8-11-5-4-10(2)18-11/h3-7,15H,8,14H2,1-2H3. The molecular formula is C13H16N2O3S. The summed E-state index contributed by atoms with van der Waals surface area (Å²) in [6.07, 6.45) is 0. The molecule has 2 aromatic rings. The first-order valence-electron chi connectivity index (χ1n) is 5.79. The van der Waals surface area contributed by atoms with Crippen LogP contribution in [0.3, 0.4) is 0 Å². The maximum Gasteiger partial charge on any atom is 0.243 e. The molecule has 0 fully saturated rings. The molecule has 0 aliphatic carbocycles. The minimum absolute atomic E-state index is 0.0846. The fourth-order valence-corrected chi connectivity index (χ4v) is 2.84. The molecule has 1 aromatic heterocycles. The Balaban J connectivity index is 2.18. The largest absolute Gasteiger partial charge is 0.465 e. The quantitative estimate of drug-likeness (QED) is 0.838. The van der Waals surface area contributed by atoms with E-state index in [1.165, 1.54) is 6.07 Å². The van der Waals surface area contributed by atoms with Gasteiger partial charge in [0.15, 0.2) is 0 Å². The number of nitrogens with one attached hydrogen (secondary N) is 1. The first-order valence-corrected chi connectivity index (χ1v) is 7.28. The number of aryl methyl sites for hydroxylation is 2. The van der Waals surface area contributed by atoms with Crippen LogP contribution in [0.25, 0.3) is 0 Å². The summed E-state index contributed by atoms with van der Waals surface area (Å²) in [5.41, 5.74) is 6.89. The van der Waals surface area contributed by atoms with Gasteiger partial charge in [-0.2, -0.15) is 0 Å². The molecular weight excluding hydrogens is 264 g/mol. The summed E-state index contributed by atoms with van der Waals surface area (Å²) in [7, 11) is -3.63. The van der Waals surface area contributed by atoms with Crippen molar-refractivity contribution in [2.75, 3.05) is 5.73 Å². The van der Waals surface area contributed by atoms with E-state index in [2.05, 4.69) is 4.72 Å². The van der Waals surface area contributed by atoms with Crippen molar-refractivity contribution in [3.63, 3.8) is 0 Å². The van der Waals surface area contributed by atoms with Crippen LogP contribution in [0.4, 0.5) is 5.69 Å². The Morgan fingerprint density at radius 3 is 2.53 bits per heavy atom. The van der Waals surface area contributed by atoms with Crippen LogP contribution in [-0.2, 0) is 16.6 Å². The zero-order valence-corrected chi connectivity index (χ0v) is 11.6. The zero-order chi connectivity index (χ0) is 14.0. The van der Waals surface area contributed by atoms with E-state index in [1.54, 1.807) is 31.2 Å². The van der Waals surface area contributed by atoms with Gasteiger partial charge in [-0.05, 0) is 43.7 Å². The number of sulfonamides is 1. The molecule has 102 valence electrons. The molecule has 6 heteroatoms. The van der Waals surface area contributed by atoms with E-state index in [1.807, 2.05) is 6.92 Å². The smallest absolute Gasteiger partial charge is 0.243 e. The van der Waals surface area contributed by atoms with Gasteiger partial charge in [-0.25, -0.2) is 13.1 Å². The van der Waals surface area contributed by atoms with Gasteiger partial charge >= 0.3 is 0 Å². The molecule has 1 aromatic carbocycles. The summed E-state index contributed by atoms with van der Waals surface area (Å²) in [5.74, 6) is 1.30. The molecule has 0 unspecified atom stereocenters. The van der Waals surface area contributed by atoms with Crippen molar-refractivity contribution < 1.29 is 12.8 Å². The number of nitrogens with two attached hydrogens (primary N) is 1. The highest BCUT2D eigenvalue weighted by molar-refractivity contribution is 7.89. The van der Waals surface area contributed by atoms with E-state index in [0.717, 1.165) is 11.3 Å². The lowest BCUT2D eigenvalue weighted by atomic mass is 10.2. The molecule has 0 amide bonds. The van der Waals surface area contributed by atoms with E-state index >= 15 is 0 Å². The van der Waals surface area contributed by atoms with Gasteiger partial charge < -0.3 is 10.2 Å². The molecule has 0 aliphatic heterocycles. The van der Waals surface area contributed by atoms with Crippen LogP contribution in [0, 0.1) is 13.8 Å². The molecule has 5 nitrogen and oxygen atoms in total. The van der Waals surface area contributed by atoms with Gasteiger partial charge in [0.25, 0.3) is 0 Å². The van der Waals surface area contributed by atoms with Gasteiger partial charge in [0.05, 0.1) is 12.2 Å². The van der Waals surface area contributed by atoms with E-state index in [4.69, 9.17) is 10.2 Å². The average molecular weight is 280 g/mol. The summed E-state index contributed by atoms with van der Waals surface area (Å²) in [6.45, 7) is 3.76. The molecule has 0 aliphatic rings. The molecule has 0 saturated carbocycles. The molecule has 0 radical (unpaired) electrons. The first-order chi connectivity index (χ1) is 8.88. The lowest BCUT2D eigenvalue weighted by molar-refractivity contribution is 0.475. The SMILES string of the molecule is Cc1ccc(S(=O)(=O)NCc2ccc(C)o2)c(N)c1. The predicted octanol–water partition coefficient (Wildman–Crippen LogP) is 1.96. The summed E-state index contributed by atoms with van der Waals surface area (Å²) < 4.78 is 32.0. The van der Waals surface area contributed by atoms with Crippen molar-refractivity contribution in [3.05, 3.63) is 47.4 Å². The highest BCUT2D eigenvalue weighted by Crippen LogP contribution is 2.19. The van der Waals surface area contributed by atoms with Crippen molar-refractivity contribution in [1.29, 1.82) is 0 Å². The third-order valence-electron chi connectivity index (χ3n) is 2.69. The Hall–Kier alpha value is -1.79. The van der Waals surface area contributed by atoms with Gasteiger partial charge in [0.2, 0.25) is 10.0 Å². The van der Waals surface area contributed by atoms with Crippen LogP contribution in [0.2, 0.25) is 0 Å². The number of anilines is 1. The molecule has 1 heterocycles. The van der Waals surface area contributed by atoms with E-state index in [0.29, 0.717) is 5.76 Å². The van der Waals surface area contributed by atoms with Gasteiger partial charge in [-0.15, -0.1) is 0 Å². The minimum Gasteiger partial charge on any atom is -0.465 e. The van der Waals surface area contributed by atoms with Gasteiger partial charge in [-0.1, -0.05) is 6.07 Å². The average Bonchev–Trinajstić information content (AvgIpc) is 2.72. The Morgan fingerprint density at radius 1 is 1.21 bits per heavy atom. The number of rotatable bonds is 4. The highest BCUT2D eigenvalue weighted by atomic mass is 32.2. The van der Waals surface area contributed by atoms with Gasteiger partial charge in [-0.3, -0.25) is 0 Å². The summed E-state index contributed by atoms with van der Waals surface area (Å²) in [5, 5.41) is 0. The van der Waals surface area contributed by atoms with Crippen LogP contribution >= 0.6 is 0 Å². The van der Waals surface area contributed by atoms with Crippen LogP contribution in [-0.4, -0.2) is 8.42 Å². The van der Waals surface area contributed by atoms with Crippen LogP contribution in [0.1, 0.15) is 17.1 Å². The number of hydrogen-bond acceptors (Lipinski definition) is 4. The second kappa shape index (κ2) is 5.07. The molecule has 19 heavy (non-hydrogen) atoms. The topological polar surface area (TPSA) is 85.3 Å². The normalized spacial score (nSPS) is 11.7. The summed E-state index contributed by atoms with van der Waals surface area (Å²) in [4.78, 5) is 0.0846. The second-order valence-electron chi connectivity index (χ2n) is 4.38. The van der Waals surface area contributed by atoms with Crippen LogP contribution in [0.5, 0.6) is 0 Å². The minimum atomic E-state index is -3.63. The number of hydrogen-bond donors (Lipinski definition) is 2. The first kappa shape index (κ1) is 13.6. The van der Waals surface area contributed by atoms with Crippen molar-refractivity contribution in [1.82, 2.24) is 4.72 Å². The number of benzene rings is 1. The maximum absolute atomic E-state index is 12.1. The van der Waals surface area contributed by atoms with E-state index < -0.39 is 10.0 Å². The van der Waals surface area contributed by atoms with Gasteiger partial charge in [0.1, 0.15) is 16.4 Å². The Morgan fingerprint density at radius 2 is 1.95 bits per heavy atom. The van der Waals surface area contributed by atoms with Crippen molar-refractivity contribution >= 4 is 15.7 Å². The van der Waals surface area contributed by atoms with E-state index in [-0.39, 0.29) is 17.1 Å². The van der Waals surface area contributed by atoms with Crippen molar-refractivity contribution in [2.45, 2.75) is 25.3 Å². The van der Waals surface area contributed by atoms with Crippen LogP contribution < -0.4 is 10.5 Å². The molecule has 2 rings (SSSR count). The summed E-state index contributed by atoms with van der Waals surface area (Å²) in [6, 6.07) is 8.36. The highest BCUT2D eigenvalue weighted by Gasteiger charge is 2.17. The molecule has 0 atom stereocenters. The monoisotopic (exact) mass is 280 g/mol. The maximum atomic E-state index is 12.1. The lowest BCUT2D eigenvalue weighted by Gasteiger charge is -2.08. The second-order valence-corrected chi connectivity index (χ2v) is 6.11. The molecule has 0 bridgehead atoms. The Bertz CT molecular complexity index is 690. The lowest BCUT2D eigenvalue weighted by Crippen LogP contribution is -2.24. The van der Waals surface area contributed by atoms with E-state index in [9.17, 15) is 8.42 Å². The Labute approximate surface area is 112 Å². The molecule has 0 saturated heterocycles. The number of nitrogen functional groups attached to an aromatic ring is 1. The van der Waals surface area contributed by atoms with Crippen molar-refractivity contribution in [2.24, 2.45) is 0 Å². The van der Waals surface area contributed by atoms with Crippen molar-refractivity contribution in [3.8, 4) is 0 Å².